The van der Waals surface area contributed by atoms with Gasteiger partial charge in [0.05, 0.1) is 10.6 Å². The zero-order chi connectivity index (χ0) is 19.1. The Hall–Kier alpha value is -2.34. The molecule has 2 amide bonds. The SMILES string of the molecule is O=C(NCCCc1ccccc1)N1CCC[C@H]1CS(=O)(=O)c1ccccc1. The highest BCUT2D eigenvalue weighted by atomic mass is 32.2. The number of likely N-dealkylation sites (tertiary alicyclic amines) is 1. The molecule has 0 saturated carbocycles. The van der Waals surface area contributed by atoms with Gasteiger partial charge in [-0.3, -0.25) is 0 Å². The van der Waals surface area contributed by atoms with Crippen LogP contribution in [0, 0.1) is 0 Å². The van der Waals surface area contributed by atoms with E-state index in [9.17, 15) is 13.2 Å². The molecule has 1 saturated heterocycles. The summed E-state index contributed by atoms with van der Waals surface area (Å²) in [5, 5.41) is 2.94. The molecular weight excluding hydrogens is 360 g/mol. The van der Waals surface area contributed by atoms with Gasteiger partial charge in [0.15, 0.2) is 9.84 Å². The summed E-state index contributed by atoms with van der Waals surface area (Å²) in [6.45, 7) is 1.20. The minimum atomic E-state index is -3.39. The zero-order valence-electron chi connectivity index (χ0n) is 15.4. The third kappa shape index (κ3) is 5.32. The molecule has 1 atom stereocenters. The van der Waals surface area contributed by atoms with Crippen LogP contribution in [0.25, 0.3) is 0 Å². The number of sulfone groups is 1. The lowest BCUT2D eigenvalue weighted by Crippen LogP contribution is -2.45. The Labute approximate surface area is 161 Å². The van der Waals surface area contributed by atoms with Crippen LogP contribution in [0.5, 0.6) is 0 Å². The van der Waals surface area contributed by atoms with E-state index >= 15 is 0 Å². The molecule has 0 bridgehead atoms. The minimum Gasteiger partial charge on any atom is -0.338 e. The lowest BCUT2D eigenvalue weighted by Gasteiger charge is -2.25. The van der Waals surface area contributed by atoms with Crippen LogP contribution in [0.2, 0.25) is 0 Å². The highest BCUT2D eigenvalue weighted by molar-refractivity contribution is 7.91. The molecule has 3 rings (SSSR count). The molecule has 1 aliphatic rings. The van der Waals surface area contributed by atoms with E-state index in [0.29, 0.717) is 18.0 Å². The van der Waals surface area contributed by atoms with Crippen LogP contribution in [0.1, 0.15) is 24.8 Å². The van der Waals surface area contributed by atoms with Gasteiger partial charge in [0, 0.05) is 19.1 Å². The number of nitrogens with one attached hydrogen (secondary N) is 1. The highest BCUT2D eigenvalue weighted by Crippen LogP contribution is 2.22. The minimum absolute atomic E-state index is 0.0194. The second-order valence-electron chi connectivity index (χ2n) is 6.90. The summed E-state index contributed by atoms with van der Waals surface area (Å²) in [4.78, 5) is 14.5. The van der Waals surface area contributed by atoms with Crippen molar-refractivity contribution >= 4 is 15.9 Å². The summed E-state index contributed by atoms with van der Waals surface area (Å²) in [5.74, 6) is -0.0194. The lowest BCUT2D eigenvalue weighted by atomic mass is 10.1. The molecule has 0 unspecified atom stereocenters. The highest BCUT2D eigenvalue weighted by Gasteiger charge is 2.32. The molecule has 1 fully saturated rings. The molecule has 1 N–H and O–H groups in total. The molecule has 0 aliphatic carbocycles. The van der Waals surface area contributed by atoms with Crippen molar-refractivity contribution in [2.45, 2.75) is 36.6 Å². The first-order chi connectivity index (χ1) is 13.1. The number of carbonyl (C=O) groups excluding carboxylic acids is 1. The van der Waals surface area contributed by atoms with Gasteiger partial charge in [-0.25, -0.2) is 13.2 Å². The summed E-state index contributed by atoms with van der Waals surface area (Å²) in [6, 6.07) is 18.2. The Morgan fingerprint density at radius 2 is 1.70 bits per heavy atom. The number of urea groups is 1. The molecule has 5 nitrogen and oxygen atoms in total. The Bertz CT molecular complexity index is 838. The van der Waals surface area contributed by atoms with E-state index in [4.69, 9.17) is 0 Å². The Morgan fingerprint density at radius 3 is 2.41 bits per heavy atom. The molecule has 0 aromatic heterocycles. The topological polar surface area (TPSA) is 66.5 Å². The number of nitrogens with zero attached hydrogens (tertiary/aromatic N) is 1. The first kappa shape index (κ1) is 19.4. The van der Waals surface area contributed by atoms with Crippen LogP contribution >= 0.6 is 0 Å². The van der Waals surface area contributed by atoms with Crippen molar-refractivity contribution in [2.24, 2.45) is 0 Å². The zero-order valence-corrected chi connectivity index (χ0v) is 16.2. The van der Waals surface area contributed by atoms with E-state index in [2.05, 4.69) is 17.4 Å². The number of benzene rings is 2. The molecule has 2 aromatic rings. The van der Waals surface area contributed by atoms with Crippen molar-refractivity contribution in [2.75, 3.05) is 18.8 Å². The van der Waals surface area contributed by atoms with E-state index in [-0.39, 0.29) is 17.8 Å². The molecule has 6 heteroatoms. The molecule has 1 heterocycles. The predicted molar refractivity (Wildman–Crippen MR) is 106 cm³/mol. The molecule has 1 aliphatic heterocycles. The number of carbonyl (C=O) groups is 1. The van der Waals surface area contributed by atoms with Gasteiger partial charge in [0.2, 0.25) is 0 Å². The van der Waals surface area contributed by atoms with E-state index in [1.54, 1.807) is 35.2 Å². The van der Waals surface area contributed by atoms with Crippen LogP contribution in [0.4, 0.5) is 4.79 Å². The van der Waals surface area contributed by atoms with Crippen molar-refractivity contribution < 1.29 is 13.2 Å². The van der Waals surface area contributed by atoms with Crippen molar-refractivity contribution in [3.63, 3.8) is 0 Å². The average molecular weight is 387 g/mol. The van der Waals surface area contributed by atoms with Crippen molar-refractivity contribution in [1.82, 2.24) is 10.2 Å². The molecule has 144 valence electrons. The van der Waals surface area contributed by atoms with Crippen LogP contribution in [-0.4, -0.2) is 44.2 Å². The van der Waals surface area contributed by atoms with Gasteiger partial charge < -0.3 is 10.2 Å². The Kier molecular flexibility index (Phi) is 6.50. The van der Waals surface area contributed by atoms with Crippen LogP contribution < -0.4 is 5.32 Å². The second kappa shape index (κ2) is 9.04. The largest absolute Gasteiger partial charge is 0.338 e. The fourth-order valence-corrected chi connectivity index (χ4v) is 5.11. The maximum absolute atomic E-state index is 12.6. The fraction of sp³-hybridized carbons (Fsp3) is 0.381. The van der Waals surface area contributed by atoms with Gasteiger partial charge in [-0.15, -0.1) is 0 Å². The van der Waals surface area contributed by atoms with Gasteiger partial charge in [-0.1, -0.05) is 48.5 Å². The van der Waals surface area contributed by atoms with Gasteiger partial charge >= 0.3 is 6.03 Å². The normalized spacial score (nSPS) is 17.0. The second-order valence-corrected chi connectivity index (χ2v) is 8.94. The standard InChI is InChI=1S/C21H26N2O3S/c24-21(22-15-7-11-18-9-3-1-4-10-18)23-16-8-12-19(23)17-27(25,26)20-13-5-2-6-14-20/h1-6,9-10,13-14,19H,7-8,11-12,15-17H2,(H,22,24)/t19-/m0/s1. The Morgan fingerprint density at radius 1 is 1.04 bits per heavy atom. The first-order valence-electron chi connectivity index (χ1n) is 9.42. The molecule has 0 radical (unpaired) electrons. The summed E-state index contributed by atoms with van der Waals surface area (Å²) < 4.78 is 25.2. The van der Waals surface area contributed by atoms with Crippen LogP contribution in [0.15, 0.2) is 65.6 Å². The maximum atomic E-state index is 12.6. The van der Waals surface area contributed by atoms with E-state index in [1.165, 1.54) is 5.56 Å². The van der Waals surface area contributed by atoms with E-state index in [1.807, 2.05) is 18.2 Å². The van der Waals surface area contributed by atoms with Crippen molar-refractivity contribution in [3.8, 4) is 0 Å². The van der Waals surface area contributed by atoms with E-state index < -0.39 is 9.84 Å². The van der Waals surface area contributed by atoms with Gasteiger partial charge in [0.1, 0.15) is 0 Å². The van der Waals surface area contributed by atoms with Crippen LogP contribution in [-0.2, 0) is 16.3 Å². The lowest BCUT2D eigenvalue weighted by molar-refractivity contribution is 0.196. The summed E-state index contributed by atoms with van der Waals surface area (Å²) in [5.41, 5.74) is 1.25. The molecule has 27 heavy (non-hydrogen) atoms. The quantitative estimate of drug-likeness (QED) is 0.743. The third-order valence-corrected chi connectivity index (χ3v) is 6.73. The fourth-order valence-electron chi connectivity index (χ4n) is 3.49. The molecule has 2 aromatic carbocycles. The third-order valence-electron chi connectivity index (χ3n) is 4.91. The summed E-state index contributed by atoms with van der Waals surface area (Å²) in [6.07, 6.45) is 3.33. The van der Waals surface area contributed by atoms with Crippen molar-refractivity contribution in [1.29, 1.82) is 0 Å². The van der Waals surface area contributed by atoms with Crippen molar-refractivity contribution in [3.05, 3.63) is 66.2 Å². The molecule has 0 spiro atoms. The molecular formula is C21H26N2O3S. The number of aryl methyl sites for hydroxylation is 1. The maximum Gasteiger partial charge on any atom is 0.317 e. The van der Waals surface area contributed by atoms with Gasteiger partial charge in [-0.05, 0) is 43.4 Å². The van der Waals surface area contributed by atoms with E-state index in [0.717, 1.165) is 25.7 Å². The van der Waals surface area contributed by atoms with Crippen LogP contribution in [0.3, 0.4) is 0 Å². The predicted octanol–water partition coefficient (Wildman–Crippen LogP) is 3.27. The Balaban J connectivity index is 1.50. The van der Waals surface area contributed by atoms with Gasteiger partial charge in [-0.2, -0.15) is 0 Å². The summed E-state index contributed by atoms with van der Waals surface area (Å²) >= 11 is 0. The average Bonchev–Trinajstić information content (AvgIpc) is 3.14. The number of rotatable bonds is 7. The number of hydrogen-bond acceptors (Lipinski definition) is 3. The van der Waals surface area contributed by atoms with Gasteiger partial charge in [0.25, 0.3) is 0 Å². The number of hydrogen-bond donors (Lipinski definition) is 1. The number of amides is 2. The monoisotopic (exact) mass is 386 g/mol. The summed E-state index contributed by atoms with van der Waals surface area (Å²) in [7, 11) is -3.39. The smallest absolute Gasteiger partial charge is 0.317 e. The first-order valence-corrected chi connectivity index (χ1v) is 11.1.